The largest absolute Gasteiger partial charge is 0.208 e. The molecule has 0 aliphatic carbocycles. The summed E-state index contributed by atoms with van der Waals surface area (Å²) in [5.41, 5.74) is 8.67. The minimum absolute atomic E-state index is 0.655. The fourth-order valence-electron chi connectivity index (χ4n) is 4.42. The normalized spacial score (nSPS) is 10.7. The SMILES string of the molecule is C=Cc1ccc(-c2ccc(-c3ccc(-c4nc(-c5ccccc5)nc(-c5ccccc5)n4)cc3)cc2)cc1. The van der Waals surface area contributed by atoms with E-state index >= 15 is 0 Å². The van der Waals surface area contributed by atoms with Gasteiger partial charge in [0.25, 0.3) is 0 Å². The molecular weight excluding hydrogens is 462 g/mol. The molecule has 0 atom stereocenters. The first-order chi connectivity index (χ1) is 18.8. The average Bonchev–Trinajstić information content (AvgIpc) is 3.02. The lowest BCUT2D eigenvalue weighted by Gasteiger charge is -2.09. The zero-order valence-corrected chi connectivity index (χ0v) is 20.8. The Labute approximate surface area is 222 Å². The highest BCUT2D eigenvalue weighted by molar-refractivity contribution is 5.73. The van der Waals surface area contributed by atoms with Crippen LogP contribution in [0.4, 0.5) is 0 Å². The lowest BCUT2D eigenvalue weighted by molar-refractivity contribution is 1.07. The number of hydrogen-bond donors (Lipinski definition) is 0. The predicted molar refractivity (Wildman–Crippen MR) is 157 cm³/mol. The van der Waals surface area contributed by atoms with E-state index in [1.165, 1.54) is 11.1 Å². The van der Waals surface area contributed by atoms with Gasteiger partial charge in [0.2, 0.25) is 0 Å². The maximum atomic E-state index is 4.83. The van der Waals surface area contributed by atoms with Crippen molar-refractivity contribution < 1.29 is 0 Å². The Hall–Kier alpha value is -5.15. The predicted octanol–water partition coefficient (Wildman–Crippen LogP) is 8.85. The summed E-state index contributed by atoms with van der Waals surface area (Å²) in [4.78, 5) is 14.4. The minimum atomic E-state index is 0.655. The van der Waals surface area contributed by atoms with Crippen LogP contribution >= 0.6 is 0 Å². The number of benzene rings is 5. The van der Waals surface area contributed by atoms with Gasteiger partial charge in [0.1, 0.15) is 0 Å². The van der Waals surface area contributed by atoms with Crippen LogP contribution in [-0.2, 0) is 0 Å². The van der Waals surface area contributed by atoms with Crippen LogP contribution in [0.2, 0.25) is 0 Å². The van der Waals surface area contributed by atoms with Crippen molar-refractivity contribution in [2.45, 2.75) is 0 Å². The third-order valence-electron chi connectivity index (χ3n) is 6.54. The average molecular weight is 488 g/mol. The molecule has 6 aromatic rings. The van der Waals surface area contributed by atoms with E-state index in [1.807, 2.05) is 66.7 Å². The van der Waals surface area contributed by atoms with Crippen molar-refractivity contribution in [3.05, 3.63) is 146 Å². The fraction of sp³-hybridized carbons (Fsp3) is 0. The van der Waals surface area contributed by atoms with Crippen LogP contribution in [0, 0.1) is 0 Å². The highest BCUT2D eigenvalue weighted by Gasteiger charge is 2.12. The molecule has 0 N–H and O–H groups in total. The van der Waals surface area contributed by atoms with Crippen LogP contribution in [0.5, 0.6) is 0 Å². The topological polar surface area (TPSA) is 38.7 Å². The second kappa shape index (κ2) is 10.5. The first-order valence-electron chi connectivity index (χ1n) is 12.6. The first-order valence-corrected chi connectivity index (χ1v) is 12.6. The maximum Gasteiger partial charge on any atom is 0.164 e. The minimum Gasteiger partial charge on any atom is -0.208 e. The standard InChI is InChI=1S/C35H25N3/c1-2-25-13-15-26(16-14-25)27-17-19-28(20-18-27)29-21-23-32(24-22-29)35-37-33(30-9-5-3-6-10-30)36-34(38-35)31-11-7-4-8-12-31/h2-24H,1H2. The molecule has 0 saturated heterocycles. The Morgan fingerprint density at radius 2 is 0.632 bits per heavy atom. The van der Waals surface area contributed by atoms with Gasteiger partial charge in [0, 0.05) is 16.7 Å². The van der Waals surface area contributed by atoms with Gasteiger partial charge in [-0.15, -0.1) is 0 Å². The Bertz CT molecular complexity index is 1610. The second-order valence-electron chi connectivity index (χ2n) is 9.02. The van der Waals surface area contributed by atoms with Gasteiger partial charge in [-0.05, 0) is 27.8 Å². The Kier molecular flexibility index (Phi) is 6.40. The first kappa shape index (κ1) is 23.3. The van der Waals surface area contributed by atoms with E-state index < -0.39 is 0 Å². The van der Waals surface area contributed by atoms with Crippen molar-refractivity contribution in [1.82, 2.24) is 15.0 Å². The third kappa shape index (κ3) is 4.91. The van der Waals surface area contributed by atoms with Gasteiger partial charge in [-0.1, -0.05) is 146 Å². The molecule has 3 nitrogen and oxygen atoms in total. The molecule has 3 heteroatoms. The van der Waals surface area contributed by atoms with Crippen molar-refractivity contribution in [1.29, 1.82) is 0 Å². The molecule has 6 rings (SSSR count). The van der Waals surface area contributed by atoms with Gasteiger partial charge in [0.15, 0.2) is 17.5 Å². The van der Waals surface area contributed by atoms with E-state index in [4.69, 9.17) is 15.0 Å². The summed E-state index contributed by atoms with van der Waals surface area (Å²) in [6, 6.07) is 45.5. The van der Waals surface area contributed by atoms with E-state index in [-0.39, 0.29) is 0 Å². The second-order valence-corrected chi connectivity index (χ2v) is 9.02. The molecular formula is C35H25N3. The maximum absolute atomic E-state index is 4.83. The Balaban J connectivity index is 1.32. The lowest BCUT2D eigenvalue weighted by atomic mass is 9.99. The van der Waals surface area contributed by atoms with Gasteiger partial charge in [0.05, 0.1) is 0 Å². The highest BCUT2D eigenvalue weighted by atomic mass is 15.0. The van der Waals surface area contributed by atoms with Gasteiger partial charge < -0.3 is 0 Å². The molecule has 0 fully saturated rings. The van der Waals surface area contributed by atoms with Crippen LogP contribution in [0.3, 0.4) is 0 Å². The molecule has 0 radical (unpaired) electrons. The summed E-state index contributed by atoms with van der Waals surface area (Å²) in [6.45, 7) is 3.83. The molecule has 0 aliphatic heterocycles. The van der Waals surface area contributed by atoms with E-state index in [2.05, 4.69) is 79.4 Å². The molecule has 0 spiro atoms. The van der Waals surface area contributed by atoms with Gasteiger partial charge in [-0.3, -0.25) is 0 Å². The smallest absolute Gasteiger partial charge is 0.164 e. The molecule has 5 aromatic carbocycles. The number of rotatable bonds is 6. The zero-order valence-electron chi connectivity index (χ0n) is 20.8. The number of aromatic nitrogens is 3. The van der Waals surface area contributed by atoms with E-state index in [9.17, 15) is 0 Å². The molecule has 0 amide bonds. The molecule has 0 saturated carbocycles. The third-order valence-corrected chi connectivity index (χ3v) is 6.54. The quantitative estimate of drug-likeness (QED) is 0.235. The number of hydrogen-bond acceptors (Lipinski definition) is 3. The van der Waals surface area contributed by atoms with E-state index in [0.717, 1.165) is 33.4 Å². The molecule has 0 unspecified atom stereocenters. The van der Waals surface area contributed by atoms with Crippen LogP contribution in [0.25, 0.3) is 62.5 Å². The summed E-state index contributed by atoms with van der Waals surface area (Å²) >= 11 is 0. The molecule has 0 aliphatic rings. The Morgan fingerprint density at radius 3 is 0.974 bits per heavy atom. The molecule has 38 heavy (non-hydrogen) atoms. The molecule has 1 heterocycles. The van der Waals surface area contributed by atoms with Crippen molar-refractivity contribution in [2.24, 2.45) is 0 Å². The van der Waals surface area contributed by atoms with Crippen LogP contribution in [-0.4, -0.2) is 15.0 Å². The molecule has 180 valence electrons. The van der Waals surface area contributed by atoms with E-state index in [0.29, 0.717) is 17.5 Å². The fourth-order valence-corrected chi connectivity index (χ4v) is 4.42. The van der Waals surface area contributed by atoms with Crippen molar-refractivity contribution in [3.8, 4) is 56.4 Å². The van der Waals surface area contributed by atoms with Crippen LogP contribution in [0.15, 0.2) is 140 Å². The summed E-state index contributed by atoms with van der Waals surface area (Å²) in [7, 11) is 0. The lowest BCUT2D eigenvalue weighted by Crippen LogP contribution is -2.00. The van der Waals surface area contributed by atoms with Crippen LogP contribution in [0.1, 0.15) is 5.56 Å². The van der Waals surface area contributed by atoms with Gasteiger partial charge in [-0.25, -0.2) is 15.0 Å². The number of nitrogens with zero attached hydrogens (tertiary/aromatic N) is 3. The molecule has 1 aromatic heterocycles. The monoisotopic (exact) mass is 487 g/mol. The molecule has 0 bridgehead atoms. The summed E-state index contributed by atoms with van der Waals surface area (Å²) in [5.74, 6) is 1.98. The van der Waals surface area contributed by atoms with Gasteiger partial charge in [-0.2, -0.15) is 0 Å². The summed E-state index contributed by atoms with van der Waals surface area (Å²) in [6.07, 6.45) is 1.86. The Morgan fingerprint density at radius 1 is 0.342 bits per heavy atom. The zero-order chi connectivity index (χ0) is 25.7. The van der Waals surface area contributed by atoms with Crippen molar-refractivity contribution in [2.75, 3.05) is 0 Å². The van der Waals surface area contributed by atoms with Gasteiger partial charge >= 0.3 is 0 Å². The van der Waals surface area contributed by atoms with Crippen molar-refractivity contribution >= 4 is 6.08 Å². The van der Waals surface area contributed by atoms with Crippen LogP contribution < -0.4 is 0 Å². The van der Waals surface area contributed by atoms with E-state index in [1.54, 1.807) is 0 Å². The van der Waals surface area contributed by atoms with Crippen molar-refractivity contribution in [3.63, 3.8) is 0 Å². The summed E-state index contributed by atoms with van der Waals surface area (Å²) < 4.78 is 0. The highest BCUT2D eigenvalue weighted by Crippen LogP contribution is 2.29. The summed E-state index contributed by atoms with van der Waals surface area (Å²) in [5, 5.41) is 0.